The van der Waals surface area contributed by atoms with E-state index in [1.54, 1.807) is 30.3 Å². The minimum Gasteiger partial charge on any atom is -0.452 e. The second-order valence-corrected chi connectivity index (χ2v) is 6.00. The van der Waals surface area contributed by atoms with E-state index < -0.39 is 29.3 Å². The molecule has 0 bridgehead atoms. The molecule has 146 valence electrons. The monoisotopic (exact) mass is 405 g/mol. The van der Waals surface area contributed by atoms with Crippen LogP contribution >= 0.6 is 11.6 Å². The van der Waals surface area contributed by atoms with E-state index in [4.69, 9.17) is 22.1 Å². The molecule has 28 heavy (non-hydrogen) atoms. The molecule has 0 atom stereocenters. The zero-order chi connectivity index (χ0) is 20.7. The van der Waals surface area contributed by atoms with Gasteiger partial charge in [0.15, 0.2) is 6.61 Å². The molecule has 0 aliphatic heterocycles. The number of nitro benzene ring substituents is 1. The summed E-state index contributed by atoms with van der Waals surface area (Å²) in [5.74, 6) is -2.06. The topological polar surface area (TPSA) is 133 Å². The van der Waals surface area contributed by atoms with Crippen LogP contribution in [0.1, 0.15) is 16.8 Å². The molecule has 0 fully saturated rings. The minimum absolute atomic E-state index is 0.0218. The van der Waals surface area contributed by atoms with Crippen LogP contribution in [0.3, 0.4) is 0 Å². The number of non-ortho nitro benzene ring substituents is 1. The Morgan fingerprint density at radius 2 is 1.82 bits per heavy atom. The average molecular weight is 406 g/mol. The van der Waals surface area contributed by atoms with Crippen molar-refractivity contribution in [1.29, 1.82) is 0 Å². The average Bonchev–Trinajstić information content (AvgIpc) is 2.66. The van der Waals surface area contributed by atoms with Crippen molar-refractivity contribution in [3.8, 4) is 0 Å². The number of hydrogen-bond donors (Lipinski definition) is 1. The number of esters is 1. The van der Waals surface area contributed by atoms with Crippen molar-refractivity contribution in [1.82, 2.24) is 0 Å². The predicted octanol–water partition coefficient (Wildman–Crippen LogP) is 2.31. The van der Waals surface area contributed by atoms with E-state index in [2.05, 4.69) is 0 Å². The van der Waals surface area contributed by atoms with E-state index in [1.165, 1.54) is 4.90 Å². The van der Waals surface area contributed by atoms with Gasteiger partial charge in [-0.05, 0) is 18.2 Å². The van der Waals surface area contributed by atoms with Crippen LogP contribution in [0.4, 0.5) is 11.4 Å². The second-order valence-electron chi connectivity index (χ2n) is 5.59. The number of nitro groups is 1. The lowest BCUT2D eigenvalue weighted by Crippen LogP contribution is -2.37. The maximum Gasteiger partial charge on any atom is 0.340 e. The predicted molar refractivity (Wildman–Crippen MR) is 101 cm³/mol. The lowest BCUT2D eigenvalue weighted by Gasteiger charge is -2.22. The number of hydrogen-bond acceptors (Lipinski definition) is 6. The maximum absolute atomic E-state index is 12.5. The number of nitrogens with zero attached hydrogens (tertiary/aromatic N) is 2. The molecule has 2 N–H and O–H groups in total. The number of benzene rings is 2. The van der Waals surface area contributed by atoms with Gasteiger partial charge in [-0.25, -0.2) is 4.79 Å². The van der Waals surface area contributed by atoms with E-state index in [0.29, 0.717) is 5.69 Å². The van der Waals surface area contributed by atoms with Gasteiger partial charge in [0.25, 0.3) is 11.6 Å². The summed E-state index contributed by atoms with van der Waals surface area (Å²) in [5, 5.41) is 10.5. The first kappa shape index (κ1) is 20.8. The molecule has 9 nitrogen and oxygen atoms in total. The van der Waals surface area contributed by atoms with Crippen LogP contribution in [0.25, 0.3) is 0 Å². The Kier molecular flexibility index (Phi) is 7.05. The van der Waals surface area contributed by atoms with Crippen molar-refractivity contribution in [2.45, 2.75) is 6.42 Å². The Morgan fingerprint density at radius 1 is 1.14 bits per heavy atom. The summed E-state index contributed by atoms with van der Waals surface area (Å²) in [7, 11) is 0. The van der Waals surface area contributed by atoms with Crippen LogP contribution in [0.2, 0.25) is 5.02 Å². The van der Waals surface area contributed by atoms with Crippen LogP contribution in [0.5, 0.6) is 0 Å². The molecule has 2 rings (SSSR count). The van der Waals surface area contributed by atoms with Crippen molar-refractivity contribution in [3.63, 3.8) is 0 Å². The molecule has 0 saturated carbocycles. The maximum atomic E-state index is 12.5. The van der Waals surface area contributed by atoms with Gasteiger partial charge in [-0.3, -0.25) is 19.7 Å². The first-order chi connectivity index (χ1) is 13.3. The molecule has 2 amide bonds. The number of anilines is 1. The van der Waals surface area contributed by atoms with Crippen molar-refractivity contribution in [2.75, 3.05) is 18.1 Å². The number of para-hydroxylation sites is 1. The summed E-state index contributed by atoms with van der Waals surface area (Å²) in [6.45, 7) is -0.589. The second kappa shape index (κ2) is 9.47. The van der Waals surface area contributed by atoms with Crippen molar-refractivity contribution in [2.24, 2.45) is 5.73 Å². The summed E-state index contributed by atoms with van der Waals surface area (Å²) >= 11 is 5.87. The molecule has 0 aliphatic rings. The van der Waals surface area contributed by atoms with Crippen molar-refractivity contribution < 1.29 is 24.0 Å². The Bertz CT molecular complexity index is 903. The number of halogens is 1. The highest BCUT2D eigenvalue weighted by molar-refractivity contribution is 6.33. The highest BCUT2D eigenvalue weighted by atomic mass is 35.5. The normalized spacial score (nSPS) is 10.2. The first-order valence-electron chi connectivity index (χ1n) is 8.04. The molecule has 2 aromatic rings. The minimum atomic E-state index is -0.906. The van der Waals surface area contributed by atoms with Gasteiger partial charge in [-0.2, -0.15) is 0 Å². The third-order valence-corrected chi connectivity index (χ3v) is 3.97. The van der Waals surface area contributed by atoms with E-state index in [0.717, 1.165) is 18.2 Å². The van der Waals surface area contributed by atoms with Crippen LogP contribution in [0, 0.1) is 10.1 Å². The lowest BCUT2D eigenvalue weighted by atomic mass is 10.2. The summed E-state index contributed by atoms with van der Waals surface area (Å²) in [6.07, 6.45) is -0.0667. The third kappa shape index (κ3) is 5.52. The van der Waals surface area contributed by atoms with Gasteiger partial charge in [0.2, 0.25) is 5.91 Å². The van der Waals surface area contributed by atoms with E-state index in [1.807, 2.05) is 0 Å². The quantitative estimate of drug-likeness (QED) is 0.407. The smallest absolute Gasteiger partial charge is 0.340 e. The Labute approximate surface area is 164 Å². The van der Waals surface area contributed by atoms with Gasteiger partial charge in [0.1, 0.15) is 0 Å². The molecular formula is C18H16ClN3O6. The molecule has 0 spiro atoms. The van der Waals surface area contributed by atoms with E-state index >= 15 is 0 Å². The lowest BCUT2D eigenvalue weighted by molar-refractivity contribution is -0.384. The van der Waals surface area contributed by atoms with Gasteiger partial charge in [-0.15, -0.1) is 0 Å². The number of nitrogens with two attached hydrogens (primary N) is 1. The fourth-order valence-electron chi connectivity index (χ4n) is 2.29. The number of carbonyl (C=O) groups excluding carboxylic acids is 3. The van der Waals surface area contributed by atoms with Crippen molar-refractivity contribution >= 4 is 40.8 Å². The summed E-state index contributed by atoms with van der Waals surface area (Å²) in [5.41, 5.74) is 5.27. The SMILES string of the molecule is NC(=O)CCN(C(=O)COC(=O)c1ccc([N+](=O)[O-])cc1Cl)c1ccccc1. The standard InChI is InChI=1S/C18H16ClN3O6/c19-15-10-13(22(26)27)6-7-14(15)18(25)28-11-17(24)21(9-8-16(20)23)12-4-2-1-3-5-12/h1-7,10H,8-9,11H2,(H2,20,23). The van der Waals surface area contributed by atoms with Gasteiger partial charge < -0.3 is 15.4 Å². The van der Waals surface area contributed by atoms with E-state index in [-0.39, 0.29) is 29.2 Å². The highest BCUT2D eigenvalue weighted by Gasteiger charge is 2.21. The zero-order valence-corrected chi connectivity index (χ0v) is 15.3. The molecule has 0 radical (unpaired) electrons. The highest BCUT2D eigenvalue weighted by Crippen LogP contribution is 2.23. The Balaban J connectivity index is 2.08. The third-order valence-electron chi connectivity index (χ3n) is 3.66. The summed E-state index contributed by atoms with van der Waals surface area (Å²) in [6, 6.07) is 11.8. The van der Waals surface area contributed by atoms with Gasteiger partial charge >= 0.3 is 5.97 Å². The van der Waals surface area contributed by atoms with Crippen molar-refractivity contribution in [3.05, 3.63) is 69.2 Å². The van der Waals surface area contributed by atoms with Gasteiger partial charge in [0.05, 0.1) is 15.5 Å². The van der Waals surface area contributed by atoms with Gasteiger partial charge in [0, 0.05) is 30.8 Å². The fourth-order valence-corrected chi connectivity index (χ4v) is 2.55. The zero-order valence-electron chi connectivity index (χ0n) is 14.5. The molecule has 0 saturated heterocycles. The molecule has 0 heterocycles. The molecular weight excluding hydrogens is 390 g/mol. The fraction of sp³-hybridized carbons (Fsp3) is 0.167. The first-order valence-corrected chi connectivity index (χ1v) is 8.42. The van der Waals surface area contributed by atoms with E-state index in [9.17, 15) is 24.5 Å². The Hall–Kier alpha value is -3.46. The van der Waals surface area contributed by atoms with Gasteiger partial charge in [-0.1, -0.05) is 29.8 Å². The van der Waals surface area contributed by atoms with Crippen LogP contribution in [-0.4, -0.2) is 35.9 Å². The van der Waals surface area contributed by atoms with Crippen LogP contribution in [0.15, 0.2) is 48.5 Å². The number of ether oxygens (including phenoxy) is 1. The molecule has 0 aliphatic carbocycles. The Morgan fingerprint density at radius 3 is 2.39 bits per heavy atom. The number of amides is 2. The van der Waals surface area contributed by atoms with Crippen LogP contribution in [-0.2, 0) is 14.3 Å². The number of carbonyl (C=O) groups is 3. The largest absolute Gasteiger partial charge is 0.452 e. The molecule has 0 aromatic heterocycles. The summed E-state index contributed by atoms with van der Waals surface area (Å²) < 4.78 is 4.98. The molecule has 10 heteroatoms. The van der Waals surface area contributed by atoms with Crippen LogP contribution < -0.4 is 10.6 Å². The molecule has 2 aromatic carbocycles. The molecule has 0 unspecified atom stereocenters. The number of rotatable bonds is 8. The number of primary amides is 1. The summed E-state index contributed by atoms with van der Waals surface area (Å²) in [4.78, 5) is 47.0.